The third-order valence-electron chi connectivity index (χ3n) is 5.79. The van der Waals surface area contributed by atoms with Crippen molar-refractivity contribution in [2.45, 2.75) is 20.0 Å². The molecule has 0 saturated carbocycles. The lowest BCUT2D eigenvalue weighted by Gasteiger charge is -2.07. The molecule has 166 valence electrons. The Kier molecular flexibility index (Phi) is 5.52. The number of ether oxygens (including phenoxy) is 2. The van der Waals surface area contributed by atoms with Crippen molar-refractivity contribution in [2.24, 2.45) is 0 Å². The number of benzene rings is 2. The van der Waals surface area contributed by atoms with Gasteiger partial charge in [0.25, 0.3) is 0 Å². The molecule has 0 fully saturated rings. The van der Waals surface area contributed by atoms with Gasteiger partial charge in [0.05, 0.1) is 50.2 Å². The van der Waals surface area contributed by atoms with E-state index >= 15 is 0 Å². The Hall–Kier alpha value is -4.13. The first-order valence-corrected chi connectivity index (χ1v) is 10.8. The molecule has 7 heteroatoms. The zero-order valence-electron chi connectivity index (χ0n) is 18.9. The number of fused-ring (bicyclic) bond motifs is 3. The maximum Gasteiger partial charge on any atom is 0.120 e. The first-order valence-electron chi connectivity index (χ1n) is 10.8. The van der Waals surface area contributed by atoms with Crippen molar-refractivity contribution < 1.29 is 9.47 Å². The molecule has 7 nitrogen and oxygen atoms in total. The molecule has 0 N–H and O–H groups in total. The van der Waals surface area contributed by atoms with Gasteiger partial charge in [0.2, 0.25) is 0 Å². The molecule has 3 aromatic heterocycles. The molecule has 0 atom stereocenters. The van der Waals surface area contributed by atoms with Crippen LogP contribution in [0.1, 0.15) is 17.0 Å². The van der Waals surface area contributed by atoms with E-state index in [-0.39, 0.29) is 0 Å². The highest BCUT2D eigenvalue weighted by Gasteiger charge is 2.15. The zero-order valence-corrected chi connectivity index (χ0v) is 18.9. The van der Waals surface area contributed by atoms with Crippen LogP contribution in [0.4, 0.5) is 0 Å². The monoisotopic (exact) mass is 439 g/mol. The van der Waals surface area contributed by atoms with E-state index in [1.165, 1.54) is 10.8 Å². The SMILES string of the molecule is COc1ccc(/C=C/Cn2cc(Cn3c4cc(OC)ccc4c4ccnc(C)c43)nn2)cc1. The second-order valence-corrected chi connectivity index (χ2v) is 7.87. The smallest absolute Gasteiger partial charge is 0.120 e. The molecule has 0 radical (unpaired) electrons. The molecule has 0 bridgehead atoms. The van der Waals surface area contributed by atoms with Gasteiger partial charge in [0.1, 0.15) is 17.2 Å². The maximum absolute atomic E-state index is 5.48. The minimum absolute atomic E-state index is 0.599. The Labute approximate surface area is 191 Å². The molecule has 0 unspecified atom stereocenters. The summed E-state index contributed by atoms with van der Waals surface area (Å²) in [5, 5.41) is 11.1. The maximum atomic E-state index is 5.48. The fourth-order valence-corrected chi connectivity index (χ4v) is 4.16. The number of hydrogen-bond donors (Lipinski definition) is 0. The largest absolute Gasteiger partial charge is 0.497 e. The van der Waals surface area contributed by atoms with Crippen molar-refractivity contribution in [3.8, 4) is 11.5 Å². The number of rotatable bonds is 7. The van der Waals surface area contributed by atoms with Gasteiger partial charge in [-0.3, -0.25) is 4.98 Å². The molecule has 2 aromatic carbocycles. The first-order chi connectivity index (χ1) is 16.2. The first kappa shape index (κ1) is 20.8. The highest BCUT2D eigenvalue weighted by atomic mass is 16.5. The molecular formula is C26H25N5O2. The third-order valence-corrected chi connectivity index (χ3v) is 5.79. The van der Waals surface area contributed by atoms with Crippen LogP contribution in [0, 0.1) is 6.92 Å². The highest BCUT2D eigenvalue weighted by molar-refractivity contribution is 6.09. The molecule has 0 spiro atoms. The molecule has 3 heterocycles. The summed E-state index contributed by atoms with van der Waals surface area (Å²) in [6, 6.07) is 16.2. The number of allylic oxidation sites excluding steroid dienone is 1. The van der Waals surface area contributed by atoms with Gasteiger partial charge in [-0.2, -0.15) is 0 Å². The van der Waals surface area contributed by atoms with E-state index in [9.17, 15) is 0 Å². The summed E-state index contributed by atoms with van der Waals surface area (Å²) in [5.41, 5.74) is 5.18. The number of nitrogens with zero attached hydrogens (tertiary/aromatic N) is 5. The summed E-state index contributed by atoms with van der Waals surface area (Å²) in [6.45, 7) is 3.28. The van der Waals surface area contributed by atoms with Crippen molar-refractivity contribution in [1.82, 2.24) is 24.5 Å². The zero-order chi connectivity index (χ0) is 22.8. The van der Waals surface area contributed by atoms with Crippen molar-refractivity contribution >= 4 is 27.9 Å². The normalized spacial score (nSPS) is 11.6. The average Bonchev–Trinajstić information content (AvgIpc) is 3.42. The summed E-state index contributed by atoms with van der Waals surface area (Å²) in [4.78, 5) is 4.52. The van der Waals surface area contributed by atoms with Gasteiger partial charge >= 0.3 is 0 Å². The van der Waals surface area contributed by atoms with Crippen LogP contribution in [-0.4, -0.2) is 38.8 Å². The number of aromatic nitrogens is 5. The van der Waals surface area contributed by atoms with Crippen LogP contribution < -0.4 is 9.47 Å². The highest BCUT2D eigenvalue weighted by Crippen LogP contribution is 2.33. The van der Waals surface area contributed by atoms with E-state index in [0.717, 1.165) is 39.5 Å². The Morgan fingerprint density at radius 1 is 0.939 bits per heavy atom. The van der Waals surface area contributed by atoms with Gasteiger partial charge in [-0.1, -0.05) is 29.5 Å². The summed E-state index contributed by atoms with van der Waals surface area (Å²) >= 11 is 0. The molecule has 0 amide bonds. The molecule has 5 rings (SSSR count). The van der Waals surface area contributed by atoms with Crippen LogP contribution in [0.5, 0.6) is 11.5 Å². The summed E-state index contributed by atoms with van der Waals surface area (Å²) in [6.07, 6.45) is 7.98. The standard InChI is InChI=1S/C26H25N5O2/c1-18-26-24(12-13-27-18)23-11-10-22(33-3)15-25(23)31(26)17-20-16-30(29-28-20)14-4-5-19-6-8-21(32-2)9-7-19/h4-13,15-16H,14,17H2,1-3H3/b5-4+. The second kappa shape index (κ2) is 8.78. The second-order valence-electron chi connectivity index (χ2n) is 7.87. The molecular weight excluding hydrogens is 414 g/mol. The Morgan fingerprint density at radius 2 is 1.73 bits per heavy atom. The van der Waals surface area contributed by atoms with E-state index in [1.807, 2.05) is 54.3 Å². The van der Waals surface area contributed by atoms with Crippen molar-refractivity contribution in [2.75, 3.05) is 14.2 Å². The quantitative estimate of drug-likeness (QED) is 0.362. The van der Waals surface area contributed by atoms with Gasteiger partial charge in [-0.25, -0.2) is 4.68 Å². The van der Waals surface area contributed by atoms with Crippen LogP contribution in [-0.2, 0) is 13.1 Å². The number of hydrogen-bond acceptors (Lipinski definition) is 5. The van der Waals surface area contributed by atoms with Gasteiger partial charge in [0, 0.05) is 23.0 Å². The van der Waals surface area contributed by atoms with Gasteiger partial charge in [-0.05, 0) is 42.8 Å². The fraction of sp³-hybridized carbons (Fsp3) is 0.192. The van der Waals surface area contributed by atoms with Crippen molar-refractivity contribution in [3.63, 3.8) is 0 Å². The topological polar surface area (TPSA) is 67.0 Å². The van der Waals surface area contributed by atoms with Crippen LogP contribution >= 0.6 is 0 Å². The summed E-state index contributed by atoms with van der Waals surface area (Å²) in [7, 11) is 3.35. The van der Waals surface area contributed by atoms with Crippen LogP contribution in [0.25, 0.3) is 27.9 Å². The summed E-state index contributed by atoms with van der Waals surface area (Å²) < 4.78 is 14.8. The number of pyridine rings is 1. The third kappa shape index (κ3) is 4.05. The Morgan fingerprint density at radius 3 is 2.52 bits per heavy atom. The number of methoxy groups -OCH3 is 2. The number of aryl methyl sites for hydroxylation is 1. The lowest BCUT2D eigenvalue weighted by Crippen LogP contribution is -2.02. The van der Waals surface area contributed by atoms with E-state index in [1.54, 1.807) is 14.2 Å². The Bertz CT molecular complexity index is 1450. The van der Waals surface area contributed by atoms with Crippen LogP contribution in [0.3, 0.4) is 0 Å². The minimum Gasteiger partial charge on any atom is -0.497 e. The van der Waals surface area contributed by atoms with Crippen molar-refractivity contribution in [3.05, 3.63) is 84.0 Å². The van der Waals surface area contributed by atoms with E-state index < -0.39 is 0 Å². The predicted octanol–water partition coefficient (Wildman–Crippen LogP) is 4.87. The fourth-order valence-electron chi connectivity index (χ4n) is 4.16. The van der Waals surface area contributed by atoms with E-state index in [0.29, 0.717) is 13.1 Å². The molecule has 33 heavy (non-hydrogen) atoms. The lowest BCUT2D eigenvalue weighted by atomic mass is 10.1. The summed E-state index contributed by atoms with van der Waals surface area (Å²) in [5.74, 6) is 1.67. The molecule has 0 aliphatic heterocycles. The molecule has 0 aliphatic rings. The van der Waals surface area contributed by atoms with E-state index in [2.05, 4.69) is 50.2 Å². The van der Waals surface area contributed by atoms with Crippen molar-refractivity contribution in [1.29, 1.82) is 0 Å². The van der Waals surface area contributed by atoms with Gasteiger partial charge in [-0.15, -0.1) is 5.10 Å². The predicted molar refractivity (Wildman–Crippen MR) is 130 cm³/mol. The lowest BCUT2D eigenvalue weighted by molar-refractivity contribution is 0.415. The van der Waals surface area contributed by atoms with Gasteiger partial charge in [0.15, 0.2) is 0 Å². The molecule has 0 saturated heterocycles. The van der Waals surface area contributed by atoms with Crippen LogP contribution in [0.15, 0.2) is 67.0 Å². The van der Waals surface area contributed by atoms with Gasteiger partial charge < -0.3 is 14.0 Å². The van der Waals surface area contributed by atoms with E-state index in [4.69, 9.17) is 9.47 Å². The van der Waals surface area contributed by atoms with Crippen LogP contribution in [0.2, 0.25) is 0 Å². The average molecular weight is 440 g/mol. The molecule has 0 aliphatic carbocycles. The minimum atomic E-state index is 0.599. The Balaban J connectivity index is 1.41. The molecule has 5 aromatic rings.